The molecule has 2 unspecified atom stereocenters. The summed E-state index contributed by atoms with van der Waals surface area (Å²) in [6.45, 7) is 6.21. The van der Waals surface area contributed by atoms with E-state index in [0.717, 1.165) is 18.0 Å². The van der Waals surface area contributed by atoms with E-state index in [9.17, 15) is 4.79 Å². The SMILES string of the molecule is CCOC(=O)c1cnc(C2SCCSC2CC)nc1C. The molecule has 1 fully saturated rings. The summed E-state index contributed by atoms with van der Waals surface area (Å²) in [5.41, 5.74) is 1.18. The van der Waals surface area contributed by atoms with E-state index < -0.39 is 0 Å². The van der Waals surface area contributed by atoms with Crippen LogP contribution < -0.4 is 0 Å². The molecule has 2 atom stereocenters. The van der Waals surface area contributed by atoms with Crippen LogP contribution in [0.2, 0.25) is 0 Å². The number of ether oxygens (including phenoxy) is 1. The Kier molecular flexibility index (Phi) is 5.72. The Morgan fingerprint density at radius 3 is 2.80 bits per heavy atom. The van der Waals surface area contributed by atoms with E-state index >= 15 is 0 Å². The number of aryl methyl sites for hydroxylation is 1. The van der Waals surface area contributed by atoms with Crippen molar-refractivity contribution in [3.8, 4) is 0 Å². The van der Waals surface area contributed by atoms with Crippen molar-refractivity contribution in [3.05, 3.63) is 23.3 Å². The van der Waals surface area contributed by atoms with E-state index in [2.05, 4.69) is 16.9 Å². The lowest BCUT2D eigenvalue weighted by atomic mass is 10.2. The first-order valence-corrected chi connectivity index (χ1v) is 9.01. The molecule has 0 amide bonds. The van der Waals surface area contributed by atoms with Gasteiger partial charge in [0.2, 0.25) is 0 Å². The Morgan fingerprint density at radius 1 is 1.40 bits per heavy atom. The van der Waals surface area contributed by atoms with Crippen LogP contribution >= 0.6 is 23.5 Å². The predicted octanol–water partition coefficient (Wildman–Crippen LogP) is 3.26. The fourth-order valence-electron chi connectivity index (χ4n) is 2.17. The molecule has 0 bridgehead atoms. The maximum atomic E-state index is 11.8. The van der Waals surface area contributed by atoms with Crippen LogP contribution in [0.5, 0.6) is 0 Å². The standard InChI is InChI=1S/C14H20N2O2S2/c1-4-11-12(20-7-6-19-11)13-15-8-10(9(3)16-13)14(17)18-5-2/h8,11-12H,4-7H2,1-3H3. The third-order valence-corrected chi connectivity index (χ3v) is 6.44. The largest absolute Gasteiger partial charge is 0.462 e. The van der Waals surface area contributed by atoms with Gasteiger partial charge in [0, 0.05) is 23.0 Å². The van der Waals surface area contributed by atoms with Crippen LogP contribution in [-0.2, 0) is 4.74 Å². The summed E-state index contributed by atoms with van der Waals surface area (Å²) in [6, 6.07) is 0. The molecular formula is C14H20N2O2S2. The van der Waals surface area contributed by atoms with Gasteiger partial charge in [-0.05, 0) is 20.3 Å². The molecule has 2 heterocycles. The molecule has 0 aromatic carbocycles. The molecule has 1 aliphatic rings. The Labute approximate surface area is 128 Å². The Hall–Kier alpha value is -0.750. The first kappa shape index (κ1) is 15.6. The highest BCUT2D eigenvalue weighted by molar-refractivity contribution is 8.06. The van der Waals surface area contributed by atoms with Crippen LogP contribution in [-0.4, -0.2) is 39.3 Å². The lowest BCUT2D eigenvalue weighted by Crippen LogP contribution is -2.21. The number of aromatic nitrogens is 2. The first-order valence-electron chi connectivity index (χ1n) is 6.91. The molecule has 0 saturated carbocycles. The van der Waals surface area contributed by atoms with E-state index in [0.29, 0.717) is 28.4 Å². The van der Waals surface area contributed by atoms with Crippen molar-refractivity contribution in [1.29, 1.82) is 0 Å². The quantitative estimate of drug-likeness (QED) is 0.795. The monoisotopic (exact) mass is 312 g/mol. The van der Waals surface area contributed by atoms with Crippen molar-refractivity contribution in [2.45, 2.75) is 37.7 Å². The molecule has 0 aliphatic carbocycles. The number of carbonyl (C=O) groups is 1. The second-order valence-corrected chi connectivity index (χ2v) is 7.15. The van der Waals surface area contributed by atoms with Crippen LogP contribution in [0.25, 0.3) is 0 Å². The van der Waals surface area contributed by atoms with Gasteiger partial charge in [-0.2, -0.15) is 11.8 Å². The van der Waals surface area contributed by atoms with E-state index in [1.165, 1.54) is 5.75 Å². The third kappa shape index (κ3) is 3.47. The van der Waals surface area contributed by atoms with Crippen molar-refractivity contribution in [3.63, 3.8) is 0 Å². The Morgan fingerprint density at radius 2 is 2.15 bits per heavy atom. The average molecular weight is 312 g/mol. The molecule has 1 aliphatic heterocycles. The normalized spacial score (nSPS) is 22.6. The predicted molar refractivity (Wildman–Crippen MR) is 84.5 cm³/mol. The number of carbonyl (C=O) groups excluding carboxylic acids is 1. The molecule has 20 heavy (non-hydrogen) atoms. The number of rotatable bonds is 4. The number of thioether (sulfide) groups is 2. The van der Waals surface area contributed by atoms with Crippen LogP contribution in [0.4, 0.5) is 0 Å². The highest BCUT2D eigenvalue weighted by Gasteiger charge is 2.29. The van der Waals surface area contributed by atoms with Gasteiger partial charge in [0.25, 0.3) is 0 Å². The Balaban J connectivity index is 2.21. The van der Waals surface area contributed by atoms with Gasteiger partial charge in [-0.25, -0.2) is 14.8 Å². The summed E-state index contributed by atoms with van der Waals surface area (Å²) in [7, 11) is 0. The fraction of sp³-hybridized carbons (Fsp3) is 0.643. The molecule has 4 nitrogen and oxygen atoms in total. The maximum absolute atomic E-state index is 11.8. The van der Waals surface area contributed by atoms with Gasteiger partial charge in [0.15, 0.2) is 0 Å². The fourth-order valence-corrected chi connectivity index (χ4v) is 5.17. The zero-order chi connectivity index (χ0) is 14.5. The Bertz CT molecular complexity index is 482. The van der Waals surface area contributed by atoms with Crippen molar-refractivity contribution < 1.29 is 9.53 Å². The molecule has 2 rings (SSSR count). The highest BCUT2D eigenvalue weighted by Crippen LogP contribution is 2.42. The number of nitrogens with zero attached hydrogens (tertiary/aromatic N) is 2. The molecule has 6 heteroatoms. The minimum atomic E-state index is -0.339. The summed E-state index contributed by atoms with van der Waals surface area (Å²) in [4.78, 5) is 20.7. The zero-order valence-corrected chi connectivity index (χ0v) is 13.7. The lowest BCUT2D eigenvalue weighted by molar-refractivity contribution is 0.0524. The highest BCUT2D eigenvalue weighted by atomic mass is 32.2. The molecule has 110 valence electrons. The lowest BCUT2D eigenvalue weighted by Gasteiger charge is -2.28. The van der Waals surface area contributed by atoms with Crippen LogP contribution in [0.1, 0.15) is 47.4 Å². The van der Waals surface area contributed by atoms with Gasteiger partial charge in [0.1, 0.15) is 5.82 Å². The minimum Gasteiger partial charge on any atom is -0.462 e. The van der Waals surface area contributed by atoms with E-state index in [1.54, 1.807) is 13.1 Å². The van der Waals surface area contributed by atoms with Gasteiger partial charge in [-0.1, -0.05) is 6.92 Å². The molecular weight excluding hydrogens is 292 g/mol. The van der Waals surface area contributed by atoms with Crippen LogP contribution in [0.15, 0.2) is 6.20 Å². The first-order chi connectivity index (χ1) is 9.67. The van der Waals surface area contributed by atoms with Crippen molar-refractivity contribution in [2.24, 2.45) is 0 Å². The molecule has 0 radical (unpaired) electrons. The summed E-state index contributed by atoms with van der Waals surface area (Å²) in [5, 5.41) is 0.885. The van der Waals surface area contributed by atoms with Crippen molar-refractivity contribution in [2.75, 3.05) is 18.1 Å². The number of hydrogen-bond acceptors (Lipinski definition) is 6. The minimum absolute atomic E-state index is 0.327. The van der Waals surface area contributed by atoms with E-state index in [1.807, 2.05) is 30.4 Å². The second-order valence-electron chi connectivity index (χ2n) is 4.56. The summed E-state index contributed by atoms with van der Waals surface area (Å²) in [5.74, 6) is 2.84. The zero-order valence-electron chi connectivity index (χ0n) is 12.1. The van der Waals surface area contributed by atoms with Gasteiger partial charge in [-0.15, -0.1) is 11.8 Å². The molecule has 0 spiro atoms. The van der Waals surface area contributed by atoms with Gasteiger partial charge in [-0.3, -0.25) is 0 Å². The smallest absolute Gasteiger partial charge is 0.341 e. The third-order valence-electron chi connectivity index (χ3n) is 3.20. The summed E-state index contributed by atoms with van der Waals surface area (Å²) < 4.78 is 5.01. The van der Waals surface area contributed by atoms with Crippen LogP contribution in [0, 0.1) is 6.92 Å². The molecule has 1 aromatic rings. The van der Waals surface area contributed by atoms with Crippen LogP contribution in [0.3, 0.4) is 0 Å². The van der Waals surface area contributed by atoms with E-state index in [4.69, 9.17) is 4.74 Å². The molecule has 0 N–H and O–H groups in total. The second kappa shape index (κ2) is 7.31. The summed E-state index contributed by atoms with van der Waals surface area (Å²) in [6.07, 6.45) is 2.73. The average Bonchev–Trinajstić information content (AvgIpc) is 2.47. The van der Waals surface area contributed by atoms with Crippen molar-refractivity contribution >= 4 is 29.5 Å². The van der Waals surface area contributed by atoms with Gasteiger partial charge in [0.05, 0.1) is 23.1 Å². The number of esters is 1. The summed E-state index contributed by atoms with van der Waals surface area (Å²) >= 11 is 3.92. The molecule has 1 saturated heterocycles. The number of hydrogen-bond donors (Lipinski definition) is 0. The van der Waals surface area contributed by atoms with Gasteiger partial charge < -0.3 is 4.74 Å². The van der Waals surface area contributed by atoms with Crippen molar-refractivity contribution in [1.82, 2.24) is 9.97 Å². The topological polar surface area (TPSA) is 52.1 Å². The van der Waals surface area contributed by atoms with Gasteiger partial charge >= 0.3 is 5.97 Å². The van der Waals surface area contributed by atoms with E-state index in [-0.39, 0.29) is 5.97 Å². The maximum Gasteiger partial charge on any atom is 0.341 e. The molecule has 1 aromatic heterocycles.